The molecule has 3 aromatic heterocycles. The Kier molecular flexibility index (Phi) is 4.59. The number of benzene rings is 1. The fourth-order valence-corrected chi connectivity index (χ4v) is 2.67. The molecule has 28 heavy (non-hydrogen) atoms. The summed E-state index contributed by atoms with van der Waals surface area (Å²) >= 11 is 0. The zero-order valence-electron chi connectivity index (χ0n) is 15.2. The van der Waals surface area contributed by atoms with E-state index in [1.54, 1.807) is 54.7 Å². The molecule has 0 saturated heterocycles. The lowest BCUT2D eigenvalue weighted by Gasteiger charge is -2.10. The number of ether oxygens (including phenoxy) is 2. The Morgan fingerprint density at radius 2 is 1.86 bits per heavy atom. The van der Waals surface area contributed by atoms with Gasteiger partial charge in [0, 0.05) is 11.8 Å². The molecule has 0 spiro atoms. The van der Waals surface area contributed by atoms with Gasteiger partial charge in [-0.25, -0.2) is 9.97 Å². The van der Waals surface area contributed by atoms with Crippen molar-refractivity contribution in [2.24, 2.45) is 0 Å². The first-order chi connectivity index (χ1) is 13.7. The summed E-state index contributed by atoms with van der Waals surface area (Å²) in [4.78, 5) is 25.4. The highest BCUT2D eigenvalue weighted by Gasteiger charge is 2.14. The molecule has 0 fully saturated rings. The minimum atomic E-state index is -0.329. The lowest BCUT2D eigenvalue weighted by Crippen LogP contribution is -2.13. The molecule has 0 radical (unpaired) electrons. The van der Waals surface area contributed by atoms with E-state index in [1.807, 2.05) is 0 Å². The molecule has 8 heteroatoms. The van der Waals surface area contributed by atoms with Crippen molar-refractivity contribution in [2.75, 3.05) is 19.5 Å². The van der Waals surface area contributed by atoms with Gasteiger partial charge < -0.3 is 19.2 Å². The highest BCUT2D eigenvalue weighted by molar-refractivity contribution is 6.04. The third-order valence-corrected chi connectivity index (χ3v) is 4.02. The molecule has 0 atom stereocenters. The molecule has 4 rings (SSSR count). The van der Waals surface area contributed by atoms with Crippen molar-refractivity contribution in [3.05, 3.63) is 60.3 Å². The van der Waals surface area contributed by atoms with Crippen LogP contribution in [0.3, 0.4) is 0 Å². The van der Waals surface area contributed by atoms with Crippen LogP contribution < -0.4 is 14.8 Å². The van der Waals surface area contributed by atoms with Crippen molar-refractivity contribution in [1.29, 1.82) is 0 Å². The fourth-order valence-electron chi connectivity index (χ4n) is 2.67. The van der Waals surface area contributed by atoms with E-state index in [0.29, 0.717) is 45.7 Å². The topological polar surface area (TPSA) is 99.4 Å². The number of carbonyl (C=O) groups is 1. The number of methoxy groups -OCH3 is 2. The number of hydrogen-bond acceptors (Lipinski definition) is 7. The van der Waals surface area contributed by atoms with E-state index < -0.39 is 0 Å². The van der Waals surface area contributed by atoms with Gasteiger partial charge in [0.1, 0.15) is 11.5 Å². The summed E-state index contributed by atoms with van der Waals surface area (Å²) in [7, 11) is 3.05. The van der Waals surface area contributed by atoms with E-state index in [9.17, 15) is 4.79 Å². The number of anilines is 1. The number of fused-ring (bicyclic) bond motifs is 1. The lowest BCUT2D eigenvalue weighted by atomic mass is 10.2. The van der Waals surface area contributed by atoms with Gasteiger partial charge >= 0.3 is 0 Å². The third kappa shape index (κ3) is 3.35. The van der Waals surface area contributed by atoms with E-state index in [2.05, 4.69) is 20.3 Å². The van der Waals surface area contributed by atoms with Crippen LogP contribution in [0.2, 0.25) is 0 Å². The Bertz CT molecular complexity index is 1120. The Morgan fingerprint density at radius 1 is 1.00 bits per heavy atom. The van der Waals surface area contributed by atoms with Crippen LogP contribution in [-0.4, -0.2) is 35.1 Å². The molecule has 4 aromatic rings. The zero-order chi connectivity index (χ0) is 19.5. The van der Waals surface area contributed by atoms with Crippen LogP contribution in [-0.2, 0) is 0 Å². The average molecular weight is 376 g/mol. The molecule has 0 bridgehead atoms. The maximum Gasteiger partial charge on any atom is 0.256 e. The predicted octanol–water partition coefficient (Wildman–Crippen LogP) is 3.55. The Labute approximate surface area is 160 Å². The summed E-state index contributed by atoms with van der Waals surface area (Å²) in [5.74, 6) is 1.38. The van der Waals surface area contributed by atoms with Crippen molar-refractivity contribution in [2.45, 2.75) is 0 Å². The first-order valence-electron chi connectivity index (χ1n) is 8.40. The first-order valence-corrected chi connectivity index (χ1v) is 8.40. The molecule has 1 N–H and O–H groups in total. The van der Waals surface area contributed by atoms with Crippen molar-refractivity contribution < 1.29 is 18.7 Å². The summed E-state index contributed by atoms with van der Waals surface area (Å²) in [6.07, 6.45) is 1.64. The quantitative estimate of drug-likeness (QED) is 0.568. The van der Waals surface area contributed by atoms with E-state index in [-0.39, 0.29) is 5.91 Å². The van der Waals surface area contributed by atoms with Crippen molar-refractivity contribution in [3.8, 4) is 23.1 Å². The maximum absolute atomic E-state index is 12.6. The summed E-state index contributed by atoms with van der Waals surface area (Å²) in [5.41, 5.74) is 1.97. The van der Waals surface area contributed by atoms with Gasteiger partial charge in [0.05, 0.1) is 14.2 Å². The second-order valence-corrected chi connectivity index (χ2v) is 5.78. The molecule has 8 nitrogen and oxygen atoms in total. The number of pyridine rings is 2. The van der Waals surface area contributed by atoms with E-state index >= 15 is 0 Å². The number of hydrogen-bond donors (Lipinski definition) is 1. The number of aromatic nitrogens is 3. The summed E-state index contributed by atoms with van der Waals surface area (Å²) in [6, 6.07) is 13.7. The van der Waals surface area contributed by atoms with Crippen LogP contribution in [0.15, 0.2) is 59.1 Å². The molecule has 0 aliphatic carbocycles. The zero-order valence-corrected chi connectivity index (χ0v) is 15.2. The van der Waals surface area contributed by atoms with Crippen LogP contribution in [0.1, 0.15) is 10.4 Å². The lowest BCUT2D eigenvalue weighted by molar-refractivity contribution is 0.102. The van der Waals surface area contributed by atoms with Crippen LogP contribution in [0.25, 0.3) is 22.8 Å². The predicted molar refractivity (Wildman–Crippen MR) is 103 cm³/mol. The van der Waals surface area contributed by atoms with E-state index in [0.717, 1.165) is 0 Å². The van der Waals surface area contributed by atoms with Crippen molar-refractivity contribution >= 4 is 23.0 Å². The van der Waals surface area contributed by atoms with Gasteiger partial charge in [-0.1, -0.05) is 6.07 Å². The monoisotopic (exact) mass is 376 g/mol. The van der Waals surface area contributed by atoms with Gasteiger partial charge in [0.25, 0.3) is 5.91 Å². The SMILES string of the molecule is COc1ccc(C(=O)Nc2cccc(-c3nc4ncccc4o3)n2)cc1OC. The second-order valence-electron chi connectivity index (χ2n) is 5.78. The molecular weight excluding hydrogens is 360 g/mol. The number of nitrogens with zero attached hydrogens (tertiary/aromatic N) is 3. The summed E-state index contributed by atoms with van der Waals surface area (Å²) < 4.78 is 16.1. The maximum atomic E-state index is 12.6. The minimum absolute atomic E-state index is 0.329. The molecular formula is C20H16N4O4. The smallest absolute Gasteiger partial charge is 0.256 e. The third-order valence-electron chi connectivity index (χ3n) is 4.02. The molecule has 140 valence electrons. The molecule has 3 heterocycles. The minimum Gasteiger partial charge on any atom is -0.493 e. The van der Waals surface area contributed by atoms with Crippen LogP contribution in [0.5, 0.6) is 11.5 Å². The summed E-state index contributed by atoms with van der Waals surface area (Å²) in [5, 5.41) is 2.76. The first kappa shape index (κ1) is 17.5. The molecule has 0 unspecified atom stereocenters. The number of oxazole rings is 1. The molecule has 0 saturated carbocycles. The standard InChI is InChI=1S/C20H16N4O4/c1-26-14-9-8-12(11-16(14)27-2)19(25)23-17-7-3-5-13(22-17)20-24-18-15(28-20)6-4-10-21-18/h3-11H,1-2H3,(H,22,23,25). The van der Waals surface area contributed by atoms with Gasteiger partial charge in [0.2, 0.25) is 5.89 Å². The Hall–Kier alpha value is -3.94. The highest BCUT2D eigenvalue weighted by atomic mass is 16.5. The average Bonchev–Trinajstić information content (AvgIpc) is 3.17. The number of amides is 1. The normalized spacial score (nSPS) is 10.6. The van der Waals surface area contributed by atoms with Crippen LogP contribution in [0, 0.1) is 0 Å². The van der Waals surface area contributed by atoms with Crippen molar-refractivity contribution in [1.82, 2.24) is 15.0 Å². The fraction of sp³-hybridized carbons (Fsp3) is 0.100. The molecule has 0 aliphatic heterocycles. The summed E-state index contributed by atoms with van der Waals surface area (Å²) in [6.45, 7) is 0. The van der Waals surface area contributed by atoms with Gasteiger partial charge in [-0.15, -0.1) is 0 Å². The Morgan fingerprint density at radius 3 is 2.64 bits per heavy atom. The highest BCUT2D eigenvalue weighted by Crippen LogP contribution is 2.28. The number of rotatable bonds is 5. The molecule has 1 aromatic carbocycles. The Balaban J connectivity index is 1.59. The number of carbonyl (C=O) groups excluding carboxylic acids is 1. The van der Waals surface area contributed by atoms with Crippen LogP contribution >= 0.6 is 0 Å². The van der Waals surface area contributed by atoms with E-state index in [1.165, 1.54) is 14.2 Å². The van der Waals surface area contributed by atoms with Gasteiger partial charge in [-0.3, -0.25) is 4.79 Å². The molecule has 1 amide bonds. The van der Waals surface area contributed by atoms with Gasteiger partial charge in [-0.2, -0.15) is 4.98 Å². The van der Waals surface area contributed by atoms with Crippen LogP contribution in [0.4, 0.5) is 5.82 Å². The molecule has 0 aliphatic rings. The van der Waals surface area contributed by atoms with Crippen molar-refractivity contribution in [3.63, 3.8) is 0 Å². The van der Waals surface area contributed by atoms with Gasteiger partial charge in [0.15, 0.2) is 22.7 Å². The second kappa shape index (κ2) is 7.36. The van der Waals surface area contributed by atoms with Gasteiger partial charge in [-0.05, 0) is 42.5 Å². The van der Waals surface area contributed by atoms with E-state index in [4.69, 9.17) is 13.9 Å². The largest absolute Gasteiger partial charge is 0.493 e. The number of nitrogens with one attached hydrogen (secondary N) is 1.